The Labute approximate surface area is 246 Å². The smallest absolute Gasteiger partial charge is 0.337 e. The van der Waals surface area contributed by atoms with Crippen LogP contribution in [0.15, 0.2) is 52.7 Å². The average Bonchev–Trinajstić information content (AvgIpc) is 3.53. The Morgan fingerprint density at radius 2 is 1.85 bits per heavy atom. The second-order valence-corrected chi connectivity index (χ2v) is 11.5. The molecule has 0 unspecified atom stereocenters. The van der Waals surface area contributed by atoms with E-state index in [-0.39, 0.29) is 16.4 Å². The average molecular weight is 617 g/mol. The van der Waals surface area contributed by atoms with E-state index in [1.807, 2.05) is 4.90 Å². The number of benzene rings is 2. The first-order chi connectivity index (χ1) is 19.7. The maximum Gasteiger partial charge on any atom is 0.337 e. The molecule has 0 atom stereocenters. The van der Waals surface area contributed by atoms with Crippen LogP contribution in [0.2, 0.25) is 0 Å². The van der Waals surface area contributed by atoms with Crippen molar-refractivity contribution < 1.29 is 33.0 Å². The zero-order valence-corrected chi connectivity index (χ0v) is 23.6. The van der Waals surface area contributed by atoms with Crippen LogP contribution in [0.25, 0.3) is 17.2 Å². The van der Waals surface area contributed by atoms with Gasteiger partial charge in [-0.2, -0.15) is 0 Å². The van der Waals surface area contributed by atoms with Gasteiger partial charge in [-0.3, -0.25) is 9.59 Å². The van der Waals surface area contributed by atoms with E-state index in [2.05, 4.69) is 10.7 Å². The van der Waals surface area contributed by atoms with Crippen molar-refractivity contribution in [1.82, 2.24) is 10.4 Å². The molecule has 2 aliphatic rings. The van der Waals surface area contributed by atoms with Crippen molar-refractivity contribution in [2.24, 2.45) is 0 Å². The summed E-state index contributed by atoms with van der Waals surface area (Å²) in [6.07, 6.45) is 1.64. The minimum absolute atomic E-state index is 0.0565. The van der Waals surface area contributed by atoms with Crippen molar-refractivity contribution in [1.29, 1.82) is 0 Å². The number of hydrogen-bond donors (Lipinski definition) is 3. The number of thioether (sulfide) groups is 1. The summed E-state index contributed by atoms with van der Waals surface area (Å²) >= 11 is 7.68. The monoisotopic (exact) mass is 616 g/mol. The molecule has 3 aromatic rings. The van der Waals surface area contributed by atoms with E-state index >= 15 is 0 Å². The molecular weight excluding hydrogens is 595 g/mol. The number of amides is 2. The Kier molecular flexibility index (Phi) is 8.75. The quantitative estimate of drug-likeness (QED) is 0.248. The number of nitrogens with zero attached hydrogens (tertiary/aromatic N) is 2. The number of hydrazine groups is 1. The highest BCUT2D eigenvalue weighted by Gasteiger charge is 2.32. The Morgan fingerprint density at radius 1 is 1.07 bits per heavy atom. The third kappa shape index (κ3) is 6.63. The van der Waals surface area contributed by atoms with Crippen molar-refractivity contribution in [3.63, 3.8) is 0 Å². The van der Waals surface area contributed by atoms with Crippen molar-refractivity contribution in [3.8, 4) is 11.1 Å². The number of thiocarbonyl (C=S) groups is 1. The standard InChI is InChI=1S/C27H22F2N4O5S3/c28-20-3-1-15(10-21(20)29)16-9-18(40-14-16)12-23-25(35)33(27(39)41-23)30-13-24(34)31-17-2-4-22(19(11-17)26(36)37)32-5-7-38-8-6-32/h1-4,9-12,14,30H,5-8,13H2,(H,31,34)(H,36,37). The number of anilines is 2. The van der Waals surface area contributed by atoms with Crippen LogP contribution in [-0.4, -0.2) is 65.1 Å². The number of carbonyl (C=O) groups is 3. The Bertz CT molecular complexity index is 1570. The predicted octanol–water partition coefficient (Wildman–Crippen LogP) is 4.57. The number of morpholine rings is 1. The fourth-order valence-corrected chi connectivity index (χ4v) is 6.34. The molecule has 2 aliphatic heterocycles. The van der Waals surface area contributed by atoms with Crippen LogP contribution >= 0.6 is 35.3 Å². The Balaban J connectivity index is 1.20. The van der Waals surface area contributed by atoms with Gasteiger partial charge in [-0.1, -0.05) is 30.0 Å². The highest BCUT2D eigenvalue weighted by molar-refractivity contribution is 8.26. The number of hydrogen-bond acceptors (Lipinski definition) is 9. The molecule has 9 nitrogen and oxygen atoms in total. The molecule has 3 heterocycles. The van der Waals surface area contributed by atoms with E-state index in [1.54, 1.807) is 29.7 Å². The molecule has 0 saturated carbocycles. The van der Waals surface area contributed by atoms with Crippen molar-refractivity contribution >= 4 is 74.9 Å². The van der Waals surface area contributed by atoms with Gasteiger partial charge in [-0.25, -0.2) is 24.0 Å². The molecule has 2 aromatic carbocycles. The Morgan fingerprint density at radius 3 is 2.59 bits per heavy atom. The summed E-state index contributed by atoms with van der Waals surface area (Å²) in [5.41, 5.74) is 4.80. The third-order valence-electron chi connectivity index (χ3n) is 6.20. The van der Waals surface area contributed by atoms with E-state index in [1.165, 1.54) is 23.5 Å². The molecule has 41 heavy (non-hydrogen) atoms. The number of ether oxygens (including phenoxy) is 1. The van der Waals surface area contributed by atoms with Crippen LogP contribution in [0, 0.1) is 11.6 Å². The lowest BCUT2D eigenvalue weighted by molar-refractivity contribution is -0.124. The zero-order chi connectivity index (χ0) is 29.1. The summed E-state index contributed by atoms with van der Waals surface area (Å²) < 4.78 is 32.4. The lowest BCUT2D eigenvalue weighted by atomic mass is 10.1. The highest BCUT2D eigenvalue weighted by atomic mass is 32.2. The van der Waals surface area contributed by atoms with Crippen LogP contribution in [0.4, 0.5) is 20.2 Å². The molecule has 1 aromatic heterocycles. The first kappa shape index (κ1) is 28.8. The number of thiophene rings is 1. The number of carbonyl (C=O) groups excluding carboxylic acids is 2. The number of carboxylic acid groups (broad SMARTS) is 1. The molecule has 3 N–H and O–H groups in total. The molecule has 2 saturated heterocycles. The SMILES string of the molecule is O=C(CNN1C(=O)C(=Cc2cc(-c3ccc(F)c(F)c3)cs2)SC1=S)Nc1ccc(N2CCOCC2)c(C(=O)O)c1. The van der Waals surface area contributed by atoms with Gasteiger partial charge in [0.2, 0.25) is 5.91 Å². The fourth-order valence-electron chi connectivity index (χ4n) is 4.21. The van der Waals surface area contributed by atoms with Crippen molar-refractivity contribution in [2.75, 3.05) is 43.1 Å². The van der Waals surface area contributed by atoms with Gasteiger partial charge in [0, 0.05) is 23.7 Å². The van der Waals surface area contributed by atoms with Gasteiger partial charge in [-0.15, -0.1) is 11.3 Å². The van der Waals surface area contributed by atoms with Crippen LogP contribution in [0.5, 0.6) is 0 Å². The third-order valence-corrected chi connectivity index (χ3v) is 8.38. The molecular formula is C27H22F2N4O5S3. The number of aromatic carboxylic acids is 1. The molecule has 0 radical (unpaired) electrons. The van der Waals surface area contributed by atoms with Gasteiger partial charge in [0.25, 0.3) is 5.91 Å². The normalized spacial score (nSPS) is 16.5. The topological polar surface area (TPSA) is 111 Å². The summed E-state index contributed by atoms with van der Waals surface area (Å²) in [6, 6.07) is 10.0. The maximum absolute atomic E-state index is 13.6. The van der Waals surface area contributed by atoms with E-state index in [9.17, 15) is 28.3 Å². The van der Waals surface area contributed by atoms with Crippen LogP contribution in [-0.2, 0) is 14.3 Å². The van der Waals surface area contributed by atoms with Gasteiger partial charge in [0.05, 0.1) is 35.9 Å². The minimum Gasteiger partial charge on any atom is -0.478 e. The maximum atomic E-state index is 13.6. The number of rotatable bonds is 8. The van der Waals surface area contributed by atoms with E-state index in [0.717, 1.165) is 28.9 Å². The van der Waals surface area contributed by atoms with Crippen LogP contribution < -0.4 is 15.6 Å². The van der Waals surface area contributed by atoms with Crippen LogP contribution in [0.3, 0.4) is 0 Å². The second-order valence-electron chi connectivity index (χ2n) is 8.90. The van der Waals surface area contributed by atoms with E-state index in [0.29, 0.717) is 58.6 Å². The molecule has 0 aliphatic carbocycles. The molecule has 5 rings (SSSR count). The summed E-state index contributed by atoms with van der Waals surface area (Å²) in [4.78, 5) is 40.4. The summed E-state index contributed by atoms with van der Waals surface area (Å²) in [5.74, 6) is -3.95. The fraction of sp³-hybridized carbons (Fsp3) is 0.185. The molecule has 2 fully saturated rings. The van der Waals surface area contributed by atoms with E-state index < -0.39 is 29.4 Å². The highest BCUT2D eigenvalue weighted by Crippen LogP contribution is 2.34. The molecule has 0 bridgehead atoms. The predicted molar refractivity (Wildman–Crippen MR) is 158 cm³/mol. The summed E-state index contributed by atoms with van der Waals surface area (Å²) in [7, 11) is 0. The molecule has 0 spiro atoms. The lowest BCUT2D eigenvalue weighted by Gasteiger charge is -2.30. The number of halogens is 2. The minimum atomic E-state index is -1.12. The molecule has 14 heteroatoms. The largest absolute Gasteiger partial charge is 0.478 e. The summed E-state index contributed by atoms with van der Waals surface area (Å²) in [5, 5.41) is 15.2. The van der Waals surface area contributed by atoms with Gasteiger partial charge < -0.3 is 20.1 Å². The van der Waals surface area contributed by atoms with Gasteiger partial charge >= 0.3 is 5.97 Å². The van der Waals surface area contributed by atoms with E-state index in [4.69, 9.17) is 17.0 Å². The first-order valence-corrected chi connectivity index (χ1v) is 14.4. The first-order valence-electron chi connectivity index (χ1n) is 12.2. The van der Waals surface area contributed by atoms with Crippen molar-refractivity contribution in [2.45, 2.75) is 0 Å². The van der Waals surface area contributed by atoms with Gasteiger partial charge in [-0.05, 0) is 59.0 Å². The summed E-state index contributed by atoms with van der Waals surface area (Å²) in [6.45, 7) is 1.83. The van der Waals surface area contributed by atoms with Crippen LogP contribution in [0.1, 0.15) is 15.2 Å². The second kappa shape index (κ2) is 12.4. The Hall–Kier alpha value is -3.69. The molecule has 2 amide bonds. The number of nitrogens with one attached hydrogen (secondary N) is 2. The van der Waals surface area contributed by atoms with Gasteiger partial charge in [0.15, 0.2) is 16.0 Å². The lowest BCUT2D eigenvalue weighted by Crippen LogP contribution is -2.45. The van der Waals surface area contributed by atoms with Gasteiger partial charge in [0.1, 0.15) is 0 Å². The number of carboxylic acids is 1. The van der Waals surface area contributed by atoms with Crippen molar-refractivity contribution in [3.05, 3.63) is 74.8 Å². The molecule has 212 valence electrons. The zero-order valence-electron chi connectivity index (χ0n) is 21.2.